The van der Waals surface area contributed by atoms with Crippen molar-refractivity contribution in [2.24, 2.45) is 0 Å². The first-order valence-electron chi connectivity index (χ1n) is 8.01. The number of hydrogen-bond donors (Lipinski definition) is 1. The van der Waals surface area contributed by atoms with Gasteiger partial charge in [0.1, 0.15) is 5.60 Å². The van der Waals surface area contributed by atoms with Gasteiger partial charge in [0.15, 0.2) is 0 Å². The van der Waals surface area contributed by atoms with Crippen LogP contribution in [-0.2, 0) is 9.53 Å². The van der Waals surface area contributed by atoms with E-state index < -0.39 is 17.4 Å². The monoisotopic (exact) mass is 394 g/mol. The van der Waals surface area contributed by atoms with Crippen molar-refractivity contribution in [2.45, 2.75) is 39.2 Å². The zero-order valence-corrected chi connectivity index (χ0v) is 16.5. The second kappa shape index (κ2) is 8.06. The minimum absolute atomic E-state index is 0.162. The molecule has 0 fully saturated rings. The molecule has 2 aromatic rings. The lowest BCUT2D eigenvalue weighted by molar-refractivity contribution is -0.156. The van der Waals surface area contributed by atoms with E-state index in [1.807, 2.05) is 20.8 Å². The summed E-state index contributed by atoms with van der Waals surface area (Å²) in [6.07, 6.45) is 2.71. The summed E-state index contributed by atoms with van der Waals surface area (Å²) in [6.45, 7) is 7.25. The average Bonchev–Trinajstić information content (AvgIpc) is 2.53. The molecule has 2 rings (SSSR count). The largest absolute Gasteiger partial charge is 0.460 e. The van der Waals surface area contributed by atoms with Gasteiger partial charge in [-0.2, -0.15) is 0 Å². The van der Waals surface area contributed by atoms with E-state index in [-0.39, 0.29) is 21.6 Å². The Bertz CT molecular complexity index is 794. The molecule has 1 aromatic heterocycles. The molecule has 0 saturated heterocycles. The van der Waals surface area contributed by atoms with Crippen LogP contribution in [0.1, 0.15) is 49.5 Å². The second-order valence-electron chi connectivity index (χ2n) is 6.81. The third kappa shape index (κ3) is 5.19. The number of carbonyl (C=O) groups is 2. The number of amides is 1. The SMILES string of the molecule is CC(C(=O)OC(C)(C)C)c1ccc(NC(=O)c2c(Cl)cncc2Cl)cc1. The summed E-state index contributed by atoms with van der Waals surface area (Å²) >= 11 is 12.0. The molecular formula is C19H20Cl2N2O3. The number of carbonyl (C=O) groups excluding carboxylic acids is 2. The third-order valence-corrected chi connectivity index (χ3v) is 4.08. The first-order chi connectivity index (χ1) is 12.1. The van der Waals surface area contributed by atoms with Crippen molar-refractivity contribution in [1.29, 1.82) is 0 Å². The highest BCUT2D eigenvalue weighted by Crippen LogP contribution is 2.25. The molecule has 1 unspecified atom stereocenters. The summed E-state index contributed by atoms with van der Waals surface area (Å²) in [6, 6.07) is 6.94. The number of ether oxygens (including phenoxy) is 1. The van der Waals surface area contributed by atoms with Crippen molar-refractivity contribution in [3.05, 3.63) is 57.8 Å². The van der Waals surface area contributed by atoms with Crippen LogP contribution in [0, 0.1) is 0 Å². The second-order valence-corrected chi connectivity index (χ2v) is 7.62. The fraction of sp³-hybridized carbons (Fsp3) is 0.316. The van der Waals surface area contributed by atoms with E-state index in [1.165, 1.54) is 12.4 Å². The molecule has 0 spiro atoms. The van der Waals surface area contributed by atoms with Gasteiger partial charge in [-0.1, -0.05) is 35.3 Å². The highest BCUT2D eigenvalue weighted by atomic mass is 35.5. The molecule has 1 aromatic carbocycles. The Labute approximate surface area is 162 Å². The van der Waals surface area contributed by atoms with Crippen molar-refractivity contribution in [3.63, 3.8) is 0 Å². The van der Waals surface area contributed by atoms with Gasteiger partial charge in [0.05, 0.1) is 21.5 Å². The fourth-order valence-electron chi connectivity index (χ4n) is 2.20. The highest BCUT2D eigenvalue weighted by molar-refractivity contribution is 6.40. The van der Waals surface area contributed by atoms with E-state index in [0.29, 0.717) is 5.69 Å². The van der Waals surface area contributed by atoms with Gasteiger partial charge in [-0.15, -0.1) is 0 Å². The molecule has 1 amide bonds. The molecule has 7 heteroatoms. The van der Waals surface area contributed by atoms with Crippen LogP contribution in [0.25, 0.3) is 0 Å². The van der Waals surface area contributed by atoms with Gasteiger partial charge in [-0.25, -0.2) is 0 Å². The summed E-state index contributed by atoms with van der Waals surface area (Å²) in [5.74, 6) is -1.15. The van der Waals surface area contributed by atoms with Gasteiger partial charge in [0.2, 0.25) is 0 Å². The van der Waals surface area contributed by atoms with Crippen molar-refractivity contribution in [1.82, 2.24) is 4.98 Å². The molecule has 0 bridgehead atoms. The Morgan fingerprint density at radius 1 is 1.08 bits per heavy atom. The normalized spacial score (nSPS) is 12.4. The number of aromatic nitrogens is 1. The topological polar surface area (TPSA) is 68.3 Å². The molecule has 5 nitrogen and oxygen atoms in total. The van der Waals surface area contributed by atoms with Crippen LogP contribution < -0.4 is 5.32 Å². The molecule has 26 heavy (non-hydrogen) atoms. The number of halogens is 2. The van der Waals surface area contributed by atoms with Gasteiger partial charge < -0.3 is 10.1 Å². The van der Waals surface area contributed by atoms with E-state index in [1.54, 1.807) is 31.2 Å². The zero-order chi connectivity index (χ0) is 19.5. The number of nitrogens with one attached hydrogen (secondary N) is 1. The predicted octanol–water partition coefficient (Wildman–Crippen LogP) is 5.09. The molecule has 138 valence electrons. The Morgan fingerprint density at radius 3 is 2.12 bits per heavy atom. The van der Waals surface area contributed by atoms with Crippen LogP contribution in [0.3, 0.4) is 0 Å². The lowest BCUT2D eigenvalue weighted by Gasteiger charge is -2.22. The first kappa shape index (κ1) is 20.2. The van der Waals surface area contributed by atoms with Crippen LogP contribution in [0.15, 0.2) is 36.7 Å². The van der Waals surface area contributed by atoms with Crippen molar-refractivity contribution < 1.29 is 14.3 Å². The molecule has 1 atom stereocenters. The van der Waals surface area contributed by atoms with Crippen LogP contribution in [0.4, 0.5) is 5.69 Å². The number of nitrogens with zero attached hydrogens (tertiary/aromatic N) is 1. The standard InChI is InChI=1S/C19H20Cl2N2O3/c1-11(18(25)26-19(2,3)4)12-5-7-13(8-6-12)23-17(24)16-14(20)9-22-10-15(16)21/h5-11H,1-4H3,(H,23,24). The quantitative estimate of drug-likeness (QED) is 0.733. The predicted molar refractivity (Wildman–Crippen MR) is 103 cm³/mol. The summed E-state index contributed by atoms with van der Waals surface area (Å²) in [4.78, 5) is 28.3. The Kier molecular flexibility index (Phi) is 6.26. The number of rotatable bonds is 4. The third-order valence-electron chi connectivity index (χ3n) is 3.51. The maximum Gasteiger partial charge on any atom is 0.313 e. The van der Waals surface area contributed by atoms with E-state index in [2.05, 4.69) is 10.3 Å². The lowest BCUT2D eigenvalue weighted by Crippen LogP contribution is -2.26. The summed E-state index contributed by atoms with van der Waals surface area (Å²) in [5, 5.41) is 3.06. The smallest absolute Gasteiger partial charge is 0.313 e. The van der Waals surface area contributed by atoms with E-state index in [4.69, 9.17) is 27.9 Å². The Morgan fingerprint density at radius 2 is 1.62 bits per heavy atom. The van der Waals surface area contributed by atoms with Gasteiger partial charge in [0, 0.05) is 18.1 Å². The molecule has 0 aliphatic carbocycles. The lowest BCUT2D eigenvalue weighted by atomic mass is 10.0. The van der Waals surface area contributed by atoms with Crippen LogP contribution in [0.5, 0.6) is 0 Å². The van der Waals surface area contributed by atoms with Crippen molar-refractivity contribution >= 4 is 40.8 Å². The summed E-state index contributed by atoms with van der Waals surface area (Å²) in [5.41, 5.74) is 0.966. The molecule has 0 aliphatic rings. The zero-order valence-electron chi connectivity index (χ0n) is 15.0. The van der Waals surface area contributed by atoms with E-state index in [9.17, 15) is 9.59 Å². The van der Waals surface area contributed by atoms with Gasteiger partial charge in [-0.3, -0.25) is 14.6 Å². The van der Waals surface area contributed by atoms with Crippen molar-refractivity contribution in [3.8, 4) is 0 Å². The fourth-order valence-corrected chi connectivity index (χ4v) is 2.74. The number of anilines is 1. The van der Waals surface area contributed by atoms with E-state index in [0.717, 1.165) is 5.56 Å². The molecule has 1 N–H and O–H groups in total. The molecule has 0 saturated carbocycles. The van der Waals surface area contributed by atoms with Crippen LogP contribution in [-0.4, -0.2) is 22.5 Å². The Hall–Kier alpha value is -2.11. The molecule has 1 heterocycles. The summed E-state index contributed by atoms with van der Waals surface area (Å²) < 4.78 is 5.39. The van der Waals surface area contributed by atoms with Gasteiger partial charge in [0.25, 0.3) is 5.91 Å². The van der Waals surface area contributed by atoms with Crippen LogP contribution in [0.2, 0.25) is 10.0 Å². The minimum atomic E-state index is -0.539. The average molecular weight is 395 g/mol. The minimum Gasteiger partial charge on any atom is -0.460 e. The highest BCUT2D eigenvalue weighted by Gasteiger charge is 2.23. The van der Waals surface area contributed by atoms with Crippen molar-refractivity contribution in [2.75, 3.05) is 5.32 Å². The molecular weight excluding hydrogens is 375 g/mol. The van der Waals surface area contributed by atoms with Gasteiger partial charge in [-0.05, 0) is 45.4 Å². The molecule has 0 radical (unpaired) electrons. The number of benzene rings is 1. The number of pyridine rings is 1. The Balaban J connectivity index is 2.10. The number of esters is 1. The first-order valence-corrected chi connectivity index (χ1v) is 8.77. The number of hydrogen-bond acceptors (Lipinski definition) is 4. The van der Waals surface area contributed by atoms with E-state index >= 15 is 0 Å². The maximum absolute atomic E-state index is 12.4. The maximum atomic E-state index is 12.4. The van der Waals surface area contributed by atoms with Gasteiger partial charge >= 0.3 is 5.97 Å². The van der Waals surface area contributed by atoms with Crippen LogP contribution >= 0.6 is 23.2 Å². The summed E-state index contributed by atoms with van der Waals surface area (Å²) in [7, 11) is 0. The molecule has 0 aliphatic heterocycles.